The second kappa shape index (κ2) is 9.71. The number of nitrogens with zero attached hydrogens (tertiary/aromatic N) is 2. The number of aryl methyl sites for hydroxylation is 1. The highest BCUT2D eigenvalue weighted by Crippen LogP contribution is 2.29. The molecule has 1 aromatic heterocycles. The molecule has 31 heavy (non-hydrogen) atoms. The molecule has 1 amide bonds. The Morgan fingerprint density at radius 3 is 2.58 bits per heavy atom. The van der Waals surface area contributed by atoms with Crippen LogP contribution in [0.5, 0.6) is 5.75 Å². The third-order valence-electron chi connectivity index (χ3n) is 4.74. The first kappa shape index (κ1) is 23.1. The van der Waals surface area contributed by atoms with Crippen LogP contribution in [0.15, 0.2) is 52.5 Å². The second-order valence-corrected chi connectivity index (χ2v) is 9.94. The average molecular weight is 463 g/mol. The van der Waals surface area contributed by atoms with E-state index < -0.39 is 10.0 Å². The van der Waals surface area contributed by atoms with Crippen LogP contribution in [-0.2, 0) is 27.9 Å². The van der Waals surface area contributed by atoms with Gasteiger partial charge in [0, 0.05) is 13.1 Å². The number of fused-ring (bicyclic) bond motifs is 1. The van der Waals surface area contributed by atoms with Gasteiger partial charge < -0.3 is 14.6 Å². The number of methoxy groups -OCH3 is 1. The SMILES string of the molecule is CCCn1c(S[C@@H](C)C(=O)NCc2ccc(OC)cc2)nc2cc(S(N)(=O)=O)ccc21. The molecule has 8 nitrogen and oxygen atoms in total. The molecule has 0 saturated carbocycles. The first-order valence-corrected chi connectivity index (χ1v) is 12.3. The van der Waals surface area contributed by atoms with E-state index in [0.29, 0.717) is 23.8 Å². The van der Waals surface area contributed by atoms with E-state index >= 15 is 0 Å². The number of hydrogen-bond acceptors (Lipinski definition) is 6. The number of rotatable bonds is 9. The average Bonchev–Trinajstić information content (AvgIpc) is 3.08. The summed E-state index contributed by atoms with van der Waals surface area (Å²) in [4.78, 5) is 17.2. The lowest BCUT2D eigenvalue weighted by Crippen LogP contribution is -2.30. The van der Waals surface area contributed by atoms with Gasteiger partial charge in [-0.05, 0) is 49.2 Å². The molecule has 0 bridgehead atoms. The Bertz CT molecular complexity index is 1170. The summed E-state index contributed by atoms with van der Waals surface area (Å²) in [5.41, 5.74) is 2.32. The van der Waals surface area contributed by atoms with Crippen molar-refractivity contribution in [1.29, 1.82) is 0 Å². The number of carbonyl (C=O) groups excluding carboxylic acids is 1. The Kier molecular flexibility index (Phi) is 7.24. The molecule has 3 N–H and O–H groups in total. The Morgan fingerprint density at radius 2 is 1.97 bits per heavy atom. The molecule has 3 rings (SSSR count). The van der Waals surface area contributed by atoms with Crippen molar-refractivity contribution in [3.05, 3.63) is 48.0 Å². The van der Waals surface area contributed by atoms with Gasteiger partial charge in [-0.25, -0.2) is 18.5 Å². The minimum atomic E-state index is -3.81. The van der Waals surface area contributed by atoms with Crippen LogP contribution in [0.3, 0.4) is 0 Å². The number of amides is 1. The van der Waals surface area contributed by atoms with Gasteiger partial charge in [-0.15, -0.1) is 0 Å². The lowest BCUT2D eigenvalue weighted by Gasteiger charge is -2.13. The molecule has 1 atom stereocenters. The minimum absolute atomic E-state index is 0.0166. The minimum Gasteiger partial charge on any atom is -0.497 e. The largest absolute Gasteiger partial charge is 0.497 e. The van der Waals surface area contributed by atoms with Crippen LogP contribution in [0.2, 0.25) is 0 Å². The molecule has 1 heterocycles. The first-order chi connectivity index (χ1) is 14.7. The van der Waals surface area contributed by atoms with E-state index in [0.717, 1.165) is 23.3 Å². The maximum absolute atomic E-state index is 12.6. The first-order valence-electron chi connectivity index (χ1n) is 9.83. The van der Waals surface area contributed by atoms with E-state index in [9.17, 15) is 13.2 Å². The van der Waals surface area contributed by atoms with Crippen molar-refractivity contribution in [3.8, 4) is 5.75 Å². The predicted octanol–water partition coefficient (Wildman–Crippen LogP) is 2.90. The van der Waals surface area contributed by atoms with Crippen molar-refractivity contribution < 1.29 is 17.9 Å². The van der Waals surface area contributed by atoms with E-state index in [1.54, 1.807) is 13.2 Å². The summed E-state index contributed by atoms with van der Waals surface area (Å²) in [5.74, 6) is 0.653. The van der Waals surface area contributed by atoms with E-state index in [1.807, 2.05) is 42.7 Å². The summed E-state index contributed by atoms with van der Waals surface area (Å²) < 4.78 is 30.5. The van der Waals surface area contributed by atoms with Crippen molar-refractivity contribution in [2.24, 2.45) is 5.14 Å². The van der Waals surface area contributed by atoms with Gasteiger partial charge in [-0.3, -0.25) is 4.79 Å². The third-order valence-corrected chi connectivity index (χ3v) is 6.74. The molecule has 0 unspecified atom stereocenters. The molecule has 166 valence electrons. The fourth-order valence-electron chi connectivity index (χ4n) is 3.08. The molecular weight excluding hydrogens is 436 g/mol. The molecule has 2 aromatic carbocycles. The Morgan fingerprint density at radius 1 is 1.26 bits per heavy atom. The number of sulfonamides is 1. The van der Waals surface area contributed by atoms with E-state index in [2.05, 4.69) is 10.3 Å². The smallest absolute Gasteiger partial charge is 0.238 e. The summed E-state index contributed by atoms with van der Waals surface area (Å²) in [6.07, 6.45) is 0.869. The maximum Gasteiger partial charge on any atom is 0.238 e. The predicted molar refractivity (Wildman–Crippen MR) is 122 cm³/mol. The van der Waals surface area contributed by atoms with E-state index in [-0.39, 0.29) is 16.1 Å². The molecular formula is C21H26N4O4S2. The number of thioether (sulfide) groups is 1. The number of benzene rings is 2. The highest BCUT2D eigenvalue weighted by molar-refractivity contribution is 8.00. The molecule has 0 saturated heterocycles. The Hall–Kier alpha value is -2.56. The summed E-state index contributed by atoms with van der Waals surface area (Å²) >= 11 is 1.34. The van der Waals surface area contributed by atoms with Crippen molar-refractivity contribution in [3.63, 3.8) is 0 Å². The van der Waals surface area contributed by atoms with Crippen LogP contribution < -0.4 is 15.2 Å². The van der Waals surface area contributed by atoms with Crippen molar-refractivity contribution in [2.75, 3.05) is 7.11 Å². The fraction of sp³-hybridized carbons (Fsp3) is 0.333. The number of imidazole rings is 1. The molecule has 0 aliphatic carbocycles. The normalized spacial score (nSPS) is 12.6. The quantitative estimate of drug-likeness (QED) is 0.472. The van der Waals surface area contributed by atoms with Gasteiger partial charge in [-0.1, -0.05) is 30.8 Å². The van der Waals surface area contributed by atoms with Gasteiger partial charge >= 0.3 is 0 Å². The van der Waals surface area contributed by atoms with Crippen molar-refractivity contribution >= 4 is 38.7 Å². The molecule has 10 heteroatoms. The monoisotopic (exact) mass is 462 g/mol. The number of primary sulfonamides is 1. The zero-order valence-corrected chi connectivity index (χ0v) is 19.3. The Labute approximate surface area is 186 Å². The number of hydrogen-bond donors (Lipinski definition) is 2. The molecule has 0 radical (unpaired) electrons. The molecule has 3 aromatic rings. The van der Waals surface area contributed by atoms with E-state index in [1.165, 1.54) is 23.9 Å². The number of ether oxygens (including phenoxy) is 1. The summed E-state index contributed by atoms with van der Waals surface area (Å²) in [6.45, 7) is 4.98. The highest BCUT2D eigenvalue weighted by atomic mass is 32.2. The van der Waals surface area contributed by atoms with Crippen LogP contribution in [0, 0.1) is 0 Å². The van der Waals surface area contributed by atoms with Gasteiger partial charge in [0.1, 0.15) is 5.75 Å². The lowest BCUT2D eigenvalue weighted by molar-refractivity contribution is -0.120. The van der Waals surface area contributed by atoms with Gasteiger partial charge in [0.25, 0.3) is 0 Å². The van der Waals surface area contributed by atoms with E-state index in [4.69, 9.17) is 9.88 Å². The zero-order chi connectivity index (χ0) is 22.6. The summed E-state index contributed by atoms with van der Waals surface area (Å²) in [5, 5.41) is 8.46. The fourth-order valence-corrected chi connectivity index (χ4v) is 4.59. The van der Waals surface area contributed by atoms with Gasteiger partial charge in [0.15, 0.2) is 5.16 Å². The topological polar surface area (TPSA) is 116 Å². The maximum atomic E-state index is 12.6. The summed E-state index contributed by atoms with van der Waals surface area (Å²) in [6, 6.07) is 12.2. The number of aromatic nitrogens is 2. The van der Waals surface area contributed by atoms with Gasteiger partial charge in [0.2, 0.25) is 15.9 Å². The molecule has 0 aliphatic rings. The standard InChI is InChI=1S/C21H26N4O4S2/c1-4-11-25-19-10-9-17(31(22,27)28)12-18(19)24-21(25)30-14(2)20(26)23-13-15-5-7-16(29-3)8-6-15/h5-10,12,14H,4,11,13H2,1-3H3,(H,23,26)(H2,22,27,28)/t14-/m0/s1. The second-order valence-electron chi connectivity index (χ2n) is 7.07. The number of nitrogens with two attached hydrogens (primary N) is 1. The van der Waals surface area contributed by atoms with Crippen LogP contribution in [0.4, 0.5) is 0 Å². The Balaban J connectivity index is 1.75. The van der Waals surface area contributed by atoms with Crippen LogP contribution in [0.1, 0.15) is 25.8 Å². The lowest BCUT2D eigenvalue weighted by atomic mass is 10.2. The molecule has 0 spiro atoms. The van der Waals surface area contributed by atoms with Crippen LogP contribution in [-0.4, -0.2) is 36.2 Å². The van der Waals surface area contributed by atoms with Gasteiger partial charge in [0.05, 0.1) is 28.3 Å². The van der Waals surface area contributed by atoms with Crippen LogP contribution >= 0.6 is 11.8 Å². The molecule has 0 aliphatic heterocycles. The van der Waals surface area contributed by atoms with Gasteiger partial charge in [-0.2, -0.15) is 0 Å². The molecule has 0 fully saturated rings. The van der Waals surface area contributed by atoms with Crippen LogP contribution in [0.25, 0.3) is 11.0 Å². The van der Waals surface area contributed by atoms with Crippen molar-refractivity contribution in [2.45, 2.75) is 48.7 Å². The summed E-state index contributed by atoms with van der Waals surface area (Å²) in [7, 11) is -2.20. The van der Waals surface area contributed by atoms with Crippen molar-refractivity contribution in [1.82, 2.24) is 14.9 Å². The number of nitrogens with one attached hydrogen (secondary N) is 1. The zero-order valence-electron chi connectivity index (χ0n) is 17.7. The number of carbonyl (C=O) groups is 1. The highest BCUT2D eigenvalue weighted by Gasteiger charge is 2.20. The third kappa shape index (κ3) is 5.57.